The van der Waals surface area contributed by atoms with E-state index in [4.69, 9.17) is 0 Å². The monoisotopic (exact) mass is 398 g/mol. The first kappa shape index (κ1) is 19.1. The standard InChI is InChI=1S/C25H22N2OS/c1-25(20-13-7-3-8-14-20,21-15-9-4-10-16-21)27-23(28)17-22-18-29-24(26-22)19-11-5-2-6-12-19/h2-16,18H,17H2,1H3,(H,27,28). The van der Waals surface area contributed by atoms with E-state index in [1.165, 1.54) is 0 Å². The predicted molar refractivity (Wildman–Crippen MR) is 119 cm³/mol. The molecule has 0 bridgehead atoms. The molecule has 4 aromatic rings. The summed E-state index contributed by atoms with van der Waals surface area (Å²) in [7, 11) is 0. The van der Waals surface area contributed by atoms with Gasteiger partial charge in [-0.25, -0.2) is 4.98 Å². The summed E-state index contributed by atoms with van der Waals surface area (Å²) in [5.74, 6) is -0.0508. The molecular formula is C25H22N2OS. The van der Waals surface area contributed by atoms with Crippen molar-refractivity contribution < 1.29 is 4.79 Å². The van der Waals surface area contributed by atoms with Crippen molar-refractivity contribution in [3.05, 3.63) is 113 Å². The first-order valence-corrected chi connectivity index (χ1v) is 10.4. The second-order valence-corrected chi connectivity index (χ2v) is 7.95. The summed E-state index contributed by atoms with van der Waals surface area (Å²) in [5.41, 5.74) is 3.33. The highest BCUT2D eigenvalue weighted by molar-refractivity contribution is 7.13. The molecule has 0 aliphatic rings. The van der Waals surface area contributed by atoms with Gasteiger partial charge in [-0.1, -0.05) is 91.0 Å². The van der Waals surface area contributed by atoms with Crippen LogP contribution in [0.15, 0.2) is 96.4 Å². The van der Waals surface area contributed by atoms with Crippen LogP contribution in [-0.2, 0) is 16.8 Å². The lowest BCUT2D eigenvalue weighted by atomic mass is 9.84. The number of carbonyl (C=O) groups is 1. The Morgan fingerprint density at radius 2 is 1.38 bits per heavy atom. The maximum atomic E-state index is 13.0. The van der Waals surface area contributed by atoms with Gasteiger partial charge in [-0.3, -0.25) is 4.79 Å². The molecular weight excluding hydrogens is 376 g/mol. The van der Waals surface area contributed by atoms with E-state index >= 15 is 0 Å². The molecule has 4 heteroatoms. The van der Waals surface area contributed by atoms with Crippen molar-refractivity contribution in [2.75, 3.05) is 0 Å². The molecule has 1 N–H and O–H groups in total. The minimum atomic E-state index is -0.613. The number of nitrogens with zero attached hydrogens (tertiary/aromatic N) is 1. The lowest BCUT2D eigenvalue weighted by molar-refractivity contribution is -0.121. The molecule has 1 aromatic heterocycles. The number of aromatic nitrogens is 1. The number of hydrogen-bond donors (Lipinski definition) is 1. The van der Waals surface area contributed by atoms with Crippen molar-refractivity contribution in [3.8, 4) is 10.6 Å². The molecule has 0 saturated heterocycles. The highest BCUT2D eigenvalue weighted by atomic mass is 32.1. The van der Waals surface area contributed by atoms with Crippen molar-refractivity contribution in [2.45, 2.75) is 18.9 Å². The Morgan fingerprint density at radius 1 is 0.862 bits per heavy atom. The zero-order chi connectivity index (χ0) is 20.1. The molecule has 1 heterocycles. The maximum Gasteiger partial charge on any atom is 0.227 e. The van der Waals surface area contributed by atoms with E-state index in [0.717, 1.165) is 27.4 Å². The van der Waals surface area contributed by atoms with Gasteiger partial charge < -0.3 is 5.32 Å². The van der Waals surface area contributed by atoms with E-state index in [1.54, 1.807) is 11.3 Å². The number of benzene rings is 3. The molecule has 3 aromatic carbocycles. The van der Waals surface area contributed by atoms with Gasteiger partial charge in [0.1, 0.15) is 5.01 Å². The zero-order valence-electron chi connectivity index (χ0n) is 16.2. The highest BCUT2D eigenvalue weighted by Crippen LogP contribution is 2.29. The van der Waals surface area contributed by atoms with E-state index < -0.39 is 5.54 Å². The van der Waals surface area contributed by atoms with Gasteiger partial charge in [-0.05, 0) is 18.1 Å². The van der Waals surface area contributed by atoms with Crippen LogP contribution in [0.5, 0.6) is 0 Å². The van der Waals surface area contributed by atoms with Crippen molar-refractivity contribution in [1.29, 1.82) is 0 Å². The van der Waals surface area contributed by atoms with Crippen molar-refractivity contribution in [1.82, 2.24) is 10.3 Å². The normalized spacial score (nSPS) is 11.2. The maximum absolute atomic E-state index is 13.0. The number of thiazole rings is 1. The summed E-state index contributed by atoms with van der Waals surface area (Å²) in [6.45, 7) is 2.05. The Morgan fingerprint density at radius 3 is 1.93 bits per heavy atom. The van der Waals surface area contributed by atoms with E-state index in [-0.39, 0.29) is 12.3 Å². The van der Waals surface area contributed by atoms with Crippen LogP contribution in [0.4, 0.5) is 0 Å². The first-order valence-electron chi connectivity index (χ1n) is 9.57. The minimum Gasteiger partial charge on any atom is -0.342 e. The summed E-state index contributed by atoms with van der Waals surface area (Å²) in [4.78, 5) is 17.6. The van der Waals surface area contributed by atoms with E-state index in [2.05, 4.69) is 10.3 Å². The number of amides is 1. The summed E-state index contributed by atoms with van der Waals surface area (Å²) in [6, 6.07) is 30.2. The molecule has 144 valence electrons. The van der Waals surface area contributed by atoms with E-state index in [1.807, 2.05) is 103 Å². The molecule has 0 spiro atoms. The lowest BCUT2D eigenvalue weighted by Gasteiger charge is -2.32. The Labute approximate surface area is 175 Å². The smallest absolute Gasteiger partial charge is 0.227 e. The van der Waals surface area contributed by atoms with Crippen LogP contribution in [0.25, 0.3) is 10.6 Å². The average Bonchev–Trinajstić information content (AvgIpc) is 3.24. The molecule has 0 unspecified atom stereocenters. The fourth-order valence-corrected chi connectivity index (χ4v) is 4.27. The third kappa shape index (κ3) is 4.28. The lowest BCUT2D eigenvalue weighted by Crippen LogP contribution is -2.45. The number of hydrogen-bond acceptors (Lipinski definition) is 3. The molecule has 0 radical (unpaired) electrons. The third-order valence-corrected chi connectivity index (χ3v) is 5.95. The van der Waals surface area contributed by atoms with E-state index in [0.29, 0.717) is 0 Å². The summed E-state index contributed by atoms with van der Waals surface area (Å²) in [5, 5.41) is 6.14. The van der Waals surface area contributed by atoms with Crippen LogP contribution in [0, 0.1) is 0 Å². The molecule has 4 rings (SSSR count). The van der Waals surface area contributed by atoms with Crippen LogP contribution in [0.1, 0.15) is 23.7 Å². The topological polar surface area (TPSA) is 42.0 Å². The quantitative estimate of drug-likeness (QED) is 0.470. The number of nitrogens with one attached hydrogen (secondary N) is 1. The van der Waals surface area contributed by atoms with E-state index in [9.17, 15) is 4.79 Å². The van der Waals surface area contributed by atoms with Gasteiger partial charge in [0.05, 0.1) is 17.7 Å². The Bertz CT molecular complexity index is 1040. The Balaban J connectivity index is 1.56. The SMILES string of the molecule is CC(NC(=O)Cc1csc(-c2ccccc2)n1)(c1ccccc1)c1ccccc1. The van der Waals surface area contributed by atoms with Crippen LogP contribution < -0.4 is 5.32 Å². The van der Waals surface area contributed by atoms with Gasteiger partial charge >= 0.3 is 0 Å². The molecule has 0 atom stereocenters. The second-order valence-electron chi connectivity index (χ2n) is 7.09. The molecule has 0 fully saturated rings. The largest absolute Gasteiger partial charge is 0.342 e. The van der Waals surface area contributed by atoms with Gasteiger partial charge in [0.25, 0.3) is 0 Å². The molecule has 1 amide bonds. The molecule has 29 heavy (non-hydrogen) atoms. The van der Waals surface area contributed by atoms with Crippen LogP contribution in [0.2, 0.25) is 0 Å². The van der Waals surface area contributed by atoms with Crippen molar-refractivity contribution in [2.24, 2.45) is 0 Å². The molecule has 3 nitrogen and oxygen atoms in total. The predicted octanol–water partition coefficient (Wildman–Crippen LogP) is 5.43. The van der Waals surface area contributed by atoms with Crippen molar-refractivity contribution in [3.63, 3.8) is 0 Å². The summed E-state index contributed by atoms with van der Waals surface area (Å²) < 4.78 is 0. The minimum absolute atomic E-state index is 0.0508. The van der Waals surface area contributed by atoms with Gasteiger partial charge in [0, 0.05) is 10.9 Å². The van der Waals surface area contributed by atoms with Gasteiger partial charge in [0.2, 0.25) is 5.91 Å². The number of carbonyl (C=O) groups excluding carboxylic acids is 1. The molecule has 0 aliphatic carbocycles. The first-order chi connectivity index (χ1) is 14.1. The Hall–Kier alpha value is -3.24. The van der Waals surface area contributed by atoms with Crippen molar-refractivity contribution >= 4 is 17.2 Å². The number of rotatable bonds is 6. The zero-order valence-corrected chi connectivity index (χ0v) is 17.0. The van der Waals surface area contributed by atoms with Gasteiger partial charge in [-0.2, -0.15) is 0 Å². The van der Waals surface area contributed by atoms with Gasteiger partial charge in [-0.15, -0.1) is 11.3 Å². The second kappa shape index (κ2) is 8.41. The van der Waals surface area contributed by atoms with Crippen LogP contribution >= 0.6 is 11.3 Å². The highest BCUT2D eigenvalue weighted by Gasteiger charge is 2.30. The van der Waals surface area contributed by atoms with Crippen LogP contribution in [0.3, 0.4) is 0 Å². The average molecular weight is 399 g/mol. The van der Waals surface area contributed by atoms with Gasteiger partial charge in [0.15, 0.2) is 0 Å². The third-order valence-electron chi connectivity index (χ3n) is 5.01. The summed E-state index contributed by atoms with van der Waals surface area (Å²) in [6.07, 6.45) is 0.249. The fraction of sp³-hybridized carbons (Fsp3) is 0.120. The van der Waals surface area contributed by atoms with Crippen LogP contribution in [-0.4, -0.2) is 10.9 Å². The summed E-state index contributed by atoms with van der Waals surface area (Å²) >= 11 is 1.56. The fourth-order valence-electron chi connectivity index (χ4n) is 3.44. The molecule has 0 aliphatic heterocycles. The Kier molecular flexibility index (Phi) is 5.54. The molecule has 0 saturated carbocycles.